The lowest BCUT2D eigenvalue weighted by Crippen LogP contribution is -2.59. The van der Waals surface area contributed by atoms with Gasteiger partial charge in [0.1, 0.15) is 0 Å². The molecule has 3 rings (SSSR count). The second-order valence-corrected chi connectivity index (χ2v) is 9.62. The highest BCUT2D eigenvalue weighted by atomic mass is 32.2. The molecule has 0 N–H and O–H groups in total. The molecule has 1 fully saturated rings. The van der Waals surface area contributed by atoms with Crippen LogP contribution in [0.5, 0.6) is 0 Å². The molecule has 1 aliphatic heterocycles. The van der Waals surface area contributed by atoms with Crippen LogP contribution in [0.4, 0.5) is 5.69 Å². The van der Waals surface area contributed by atoms with Crippen molar-refractivity contribution in [1.29, 1.82) is 0 Å². The average Bonchev–Trinajstić information content (AvgIpc) is 2.76. The molecule has 0 radical (unpaired) electrons. The van der Waals surface area contributed by atoms with Crippen LogP contribution >= 0.6 is 0 Å². The number of esters is 1. The van der Waals surface area contributed by atoms with Crippen LogP contribution in [0, 0.1) is 10.1 Å². The topological polar surface area (TPSA) is 110 Å². The van der Waals surface area contributed by atoms with Crippen LogP contribution in [0.1, 0.15) is 25.8 Å². The molecular weight excluding hydrogens is 434 g/mol. The summed E-state index contributed by atoms with van der Waals surface area (Å²) in [6.07, 6.45) is 0.0217. The summed E-state index contributed by atoms with van der Waals surface area (Å²) >= 11 is 0. The number of nitrogens with zero attached hydrogens (tertiary/aromatic N) is 3. The Balaban J connectivity index is 1.92. The minimum absolute atomic E-state index is 0.0217. The summed E-state index contributed by atoms with van der Waals surface area (Å²) in [5, 5.41) is 11.4. The maximum atomic E-state index is 13.4. The molecule has 0 bridgehead atoms. The summed E-state index contributed by atoms with van der Waals surface area (Å²) in [5.74, 6) is -0.410. The Morgan fingerprint density at radius 1 is 1.12 bits per heavy atom. The fraction of sp³-hybridized carbons (Fsp3) is 0.409. The Hall–Kier alpha value is -2.82. The van der Waals surface area contributed by atoms with E-state index in [2.05, 4.69) is 4.90 Å². The Bertz CT molecular complexity index is 1060. The van der Waals surface area contributed by atoms with E-state index in [0.29, 0.717) is 6.54 Å². The molecule has 2 aromatic rings. The van der Waals surface area contributed by atoms with Crippen LogP contribution in [0.3, 0.4) is 0 Å². The summed E-state index contributed by atoms with van der Waals surface area (Å²) in [7, 11) is -4.14. The van der Waals surface area contributed by atoms with Crippen molar-refractivity contribution < 1.29 is 22.9 Å². The quantitative estimate of drug-likeness (QED) is 0.338. The van der Waals surface area contributed by atoms with Crippen molar-refractivity contribution in [3.8, 4) is 0 Å². The number of nitro groups is 1. The van der Waals surface area contributed by atoms with E-state index in [9.17, 15) is 23.3 Å². The van der Waals surface area contributed by atoms with E-state index in [4.69, 9.17) is 4.74 Å². The average molecular weight is 462 g/mol. The predicted octanol–water partition coefficient (Wildman–Crippen LogP) is 2.81. The molecule has 0 spiro atoms. The van der Waals surface area contributed by atoms with Gasteiger partial charge in [-0.2, -0.15) is 4.31 Å². The van der Waals surface area contributed by atoms with Crippen molar-refractivity contribution in [3.05, 3.63) is 70.3 Å². The number of rotatable bonds is 8. The molecule has 2 atom stereocenters. The van der Waals surface area contributed by atoms with E-state index in [1.54, 1.807) is 6.92 Å². The van der Waals surface area contributed by atoms with E-state index in [1.165, 1.54) is 28.6 Å². The molecule has 0 aliphatic carbocycles. The molecule has 1 heterocycles. The number of hydrogen-bond acceptors (Lipinski definition) is 7. The van der Waals surface area contributed by atoms with Crippen molar-refractivity contribution in [2.75, 3.05) is 19.7 Å². The zero-order chi connectivity index (χ0) is 23.3. The van der Waals surface area contributed by atoms with Crippen molar-refractivity contribution in [1.82, 2.24) is 9.21 Å². The smallest absolute Gasteiger partial charge is 0.307 e. The van der Waals surface area contributed by atoms with Crippen molar-refractivity contribution >= 4 is 21.7 Å². The van der Waals surface area contributed by atoms with Crippen LogP contribution in [0.2, 0.25) is 0 Å². The lowest BCUT2D eigenvalue weighted by Gasteiger charge is -2.44. The Morgan fingerprint density at radius 2 is 1.78 bits per heavy atom. The van der Waals surface area contributed by atoms with Crippen LogP contribution in [0.25, 0.3) is 0 Å². The Kier molecular flexibility index (Phi) is 7.60. The predicted molar refractivity (Wildman–Crippen MR) is 118 cm³/mol. The van der Waals surface area contributed by atoms with Crippen LogP contribution in [-0.2, 0) is 26.1 Å². The highest BCUT2D eigenvalue weighted by Gasteiger charge is 2.41. The summed E-state index contributed by atoms with van der Waals surface area (Å²) in [6.45, 7) is 4.57. The van der Waals surface area contributed by atoms with Crippen LogP contribution < -0.4 is 0 Å². The summed E-state index contributed by atoms with van der Waals surface area (Å²) in [4.78, 5) is 24.7. The van der Waals surface area contributed by atoms with Gasteiger partial charge >= 0.3 is 5.97 Å². The molecule has 10 heteroatoms. The zero-order valence-electron chi connectivity index (χ0n) is 18.1. The standard InChI is InChI=1S/C22H27N3O6S/c1-3-31-22(26)13-19-16-23(14-17(2)24(19)15-18-9-5-4-6-10-18)32(29,30)21-12-8-7-11-20(21)25(27)28/h4-12,17,19H,3,13-16H2,1-2H3/t17-,19-/m1/s1. The molecule has 0 unspecified atom stereocenters. The molecule has 172 valence electrons. The van der Waals surface area contributed by atoms with Gasteiger partial charge in [0, 0.05) is 37.8 Å². The largest absolute Gasteiger partial charge is 0.466 e. The number of piperazine rings is 1. The molecule has 0 amide bonds. The third-order valence-corrected chi connectivity index (χ3v) is 7.39. The molecule has 0 saturated carbocycles. The maximum Gasteiger partial charge on any atom is 0.307 e. The highest BCUT2D eigenvalue weighted by Crippen LogP contribution is 2.30. The SMILES string of the molecule is CCOC(=O)C[C@@H]1CN(S(=O)(=O)c2ccccc2[N+](=O)[O-])C[C@@H](C)N1Cc1ccccc1. The number of sulfonamides is 1. The zero-order valence-corrected chi connectivity index (χ0v) is 18.9. The van der Waals surface area contributed by atoms with E-state index in [-0.39, 0.29) is 37.1 Å². The van der Waals surface area contributed by atoms with Gasteiger partial charge in [-0.15, -0.1) is 0 Å². The molecule has 2 aromatic carbocycles. The monoisotopic (exact) mass is 461 g/mol. The van der Waals surface area contributed by atoms with Gasteiger partial charge in [0.25, 0.3) is 5.69 Å². The maximum absolute atomic E-state index is 13.4. The molecule has 9 nitrogen and oxygen atoms in total. The van der Waals surface area contributed by atoms with E-state index < -0.39 is 32.6 Å². The normalized spacial score (nSPS) is 20.1. The van der Waals surface area contributed by atoms with Gasteiger partial charge in [-0.3, -0.25) is 19.8 Å². The van der Waals surface area contributed by atoms with E-state index in [0.717, 1.165) is 5.56 Å². The van der Waals surface area contributed by atoms with Crippen molar-refractivity contribution in [2.45, 2.75) is 43.8 Å². The molecule has 32 heavy (non-hydrogen) atoms. The lowest BCUT2D eigenvalue weighted by atomic mass is 10.0. The molecule has 1 aliphatic rings. The first kappa shape index (κ1) is 23.8. The third kappa shape index (κ3) is 5.32. The lowest BCUT2D eigenvalue weighted by molar-refractivity contribution is -0.387. The first-order valence-electron chi connectivity index (χ1n) is 10.4. The number of carbonyl (C=O) groups excluding carboxylic acids is 1. The van der Waals surface area contributed by atoms with Gasteiger partial charge in [0.15, 0.2) is 4.90 Å². The van der Waals surface area contributed by atoms with Gasteiger partial charge in [0.2, 0.25) is 10.0 Å². The Morgan fingerprint density at radius 3 is 2.44 bits per heavy atom. The minimum Gasteiger partial charge on any atom is -0.466 e. The second-order valence-electron chi connectivity index (χ2n) is 7.72. The van der Waals surface area contributed by atoms with E-state index >= 15 is 0 Å². The number of benzene rings is 2. The highest BCUT2D eigenvalue weighted by molar-refractivity contribution is 7.89. The fourth-order valence-corrected chi connectivity index (χ4v) is 5.72. The first-order chi connectivity index (χ1) is 15.2. The Labute approximate surface area is 187 Å². The molecular formula is C22H27N3O6S. The number of hydrogen-bond donors (Lipinski definition) is 0. The summed E-state index contributed by atoms with van der Waals surface area (Å²) in [6, 6.07) is 14.4. The van der Waals surface area contributed by atoms with Crippen LogP contribution in [-0.4, -0.2) is 60.3 Å². The van der Waals surface area contributed by atoms with Gasteiger partial charge in [-0.05, 0) is 25.5 Å². The van der Waals surface area contributed by atoms with E-state index in [1.807, 2.05) is 37.3 Å². The number of para-hydroxylation sites is 1. The third-order valence-electron chi connectivity index (χ3n) is 5.51. The molecule has 1 saturated heterocycles. The van der Waals surface area contributed by atoms with Crippen LogP contribution in [0.15, 0.2) is 59.5 Å². The number of nitro benzene ring substituents is 1. The van der Waals surface area contributed by atoms with Gasteiger partial charge in [-0.1, -0.05) is 42.5 Å². The number of carbonyl (C=O) groups is 1. The molecule has 0 aromatic heterocycles. The van der Waals surface area contributed by atoms with Gasteiger partial charge < -0.3 is 4.74 Å². The summed E-state index contributed by atoms with van der Waals surface area (Å²) < 4.78 is 33.1. The van der Waals surface area contributed by atoms with Gasteiger partial charge in [-0.25, -0.2) is 8.42 Å². The van der Waals surface area contributed by atoms with Gasteiger partial charge in [0.05, 0.1) is 18.0 Å². The second kappa shape index (κ2) is 10.2. The van der Waals surface area contributed by atoms with Crippen molar-refractivity contribution in [3.63, 3.8) is 0 Å². The summed E-state index contributed by atoms with van der Waals surface area (Å²) in [5.41, 5.74) is 0.581. The fourth-order valence-electron chi connectivity index (χ4n) is 4.01. The van der Waals surface area contributed by atoms with Crippen molar-refractivity contribution in [2.24, 2.45) is 0 Å². The number of ether oxygens (including phenoxy) is 1. The first-order valence-corrected chi connectivity index (χ1v) is 11.9. The minimum atomic E-state index is -4.14.